The first-order valence-electron chi connectivity index (χ1n) is 7.92. The highest BCUT2D eigenvalue weighted by Crippen LogP contribution is 2.13. The van der Waals surface area contributed by atoms with Crippen LogP contribution in [0.25, 0.3) is 0 Å². The number of nitrogens with zero attached hydrogens (tertiary/aromatic N) is 5. The zero-order valence-electron chi connectivity index (χ0n) is 13.8. The second kappa shape index (κ2) is 7.54. The van der Waals surface area contributed by atoms with Gasteiger partial charge in [0.25, 0.3) is 10.2 Å². The van der Waals surface area contributed by atoms with Gasteiger partial charge in [0.15, 0.2) is 0 Å². The summed E-state index contributed by atoms with van der Waals surface area (Å²) in [6.45, 7) is 8.94. The number of hydrogen-bond donors (Lipinski definition) is 0. The minimum atomic E-state index is -3.31. The van der Waals surface area contributed by atoms with Gasteiger partial charge in [0.05, 0.1) is 6.20 Å². The quantitative estimate of drug-likeness (QED) is 0.767. The summed E-state index contributed by atoms with van der Waals surface area (Å²) in [5, 5.41) is 4.29. The molecule has 0 amide bonds. The maximum Gasteiger partial charge on any atom is 0.281 e. The lowest BCUT2D eigenvalue weighted by molar-refractivity contribution is 0.276. The van der Waals surface area contributed by atoms with Crippen LogP contribution in [-0.2, 0) is 23.3 Å². The lowest BCUT2D eigenvalue weighted by Crippen LogP contribution is -2.43. The number of aromatic nitrogens is 2. The molecule has 2 heterocycles. The standard InChI is InChI=1S/C14H27N5O2S/c1-4-16(3)22(20,21)19-8-6-7-17(9-10-19)12-14-11-15-18(5-2)13-14/h11,13H,4-10,12H2,1-3H3. The van der Waals surface area contributed by atoms with Crippen molar-refractivity contribution >= 4 is 10.2 Å². The lowest BCUT2D eigenvalue weighted by atomic mass is 10.3. The molecule has 0 atom stereocenters. The molecule has 1 saturated heterocycles. The normalized spacial score (nSPS) is 18.7. The van der Waals surface area contributed by atoms with Gasteiger partial charge in [0.2, 0.25) is 0 Å². The Morgan fingerprint density at radius 3 is 2.64 bits per heavy atom. The Hall–Kier alpha value is -0.960. The van der Waals surface area contributed by atoms with Crippen molar-refractivity contribution < 1.29 is 8.42 Å². The number of aryl methyl sites for hydroxylation is 1. The fourth-order valence-corrected chi connectivity index (χ4v) is 4.01. The van der Waals surface area contributed by atoms with Gasteiger partial charge in [0.1, 0.15) is 0 Å². The zero-order valence-corrected chi connectivity index (χ0v) is 14.6. The Bertz CT molecular complexity index is 572. The molecule has 0 radical (unpaired) electrons. The summed E-state index contributed by atoms with van der Waals surface area (Å²) in [5.41, 5.74) is 1.18. The molecule has 1 aromatic heterocycles. The average Bonchev–Trinajstić information content (AvgIpc) is 2.82. The first-order valence-corrected chi connectivity index (χ1v) is 9.32. The highest BCUT2D eigenvalue weighted by atomic mass is 32.2. The van der Waals surface area contributed by atoms with Crippen molar-refractivity contribution in [2.75, 3.05) is 39.8 Å². The minimum Gasteiger partial charge on any atom is -0.298 e. The summed E-state index contributed by atoms with van der Waals surface area (Å²) in [6.07, 6.45) is 4.82. The fraction of sp³-hybridized carbons (Fsp3) is 0.786. The van der Waals surface area contributed by atoms with Crippen LogP contribution in [0.5, 0.6) is 0 Å². The van der Waals surface area contributed by atoms with Crippen LogP contribution in [0, 0.1) is 0 Å². The largest absolute Gasteiger partial charge is 0.298 e. The molecule has 8 heteroatoms. The Labute approximate surface area is 133 Å². The van der Waals surface area contributed by atoms with Crippen LogP contribution in [0.3, 0.4) is 0 Å². The highest BCUT2D eigenvalue weighted by Gasteiger charge is 2.28. The van der Waals surface area contributed by atoms with Crippen molar-refractivity contribution in [2.45, 2.75) is 33.4 Å². The topological polar surface area (TPSA) is 61.7 Å². The van der Waals surface area contributed by atoms with Gasteiger partial charge in [-0.05, 0) is 19.9 Å². The molecule has 7 nitrogen and oxygen atoms in total. The van der Waals surface area contributed by atoms with Gasteiger partial charge in [0, 0.05) is 58.1 Å². The molecule has 0 aromatic carbocycles. The predicted molar refractivity (Wildman–Crippen MR) is 86.6 cm³/mol. The summed E-state index contributed by atoms with van der Waals surface area (Å²) in [6, 6.07) is 0. The smallest absolute Gasteiger partial charge is 0.281 e. The first-order chi connectivity index (χ1) is 10.5. The molecule has 0 spiro atoms. The Morgan fingerprint density at radius 1 is 1.23 bits per heavy atom. The Kier molecular flexibility index (Phi) is 5.96. The van der Waals surface area contributed by atoms with E-state index >= 15 is 0 Å². The second-order valence-electron chi connectivity index (χ2n) is 5.65. The first kappa shape index (κ1) is 17.4. The molecule has 1 aliphatic rings. The van der Waals surface area contributed by atoms with Crippen LogP contribution in [-0.4, -0.2) is 71.5 Å². The van der Waals surface area contributed by atoms with Crippen molar-refractivity contribution in [2.24, 2.45) is 0 Å². The van der Waals surface area contributed by atoms with E-state index in [1.807, 2.05) is 17.8 Å². The SMILES string of the molecule is CCN(C)S(=O)(=O)N1CCCN(Cc2cnn(CC)c2)CC1. The van der Waals surface area contributed by atoms with E-state index in [0.29, 0.717) is 19.6 Å². The molecular formula is C14H27N5O2S. The molecule has 1 aromatic rings. The van der Waals surface area contributed by atoms with Gasteiger partial charge in [-0.1, -0.05) is 6.92 Å². The van der Waals surface area contributed by atoms with Crippen molar-refractivity contribution in [3.05, 3.63) is 18.0 Å². The molecule has 2 rings (SSSR count). The number of rotatable bonds is 6. The summed E-state index contributed by atoms with van der Waals surface area (Å²) in [5.74, 6) is 0. The van der Waals surface area contributed by atoms with Crippen molar-refractivity contribution in [3.8, 4) is 0 Å². The van der Waals surface area contributed by atoms with Gasteiger partial charge in [-0.2, -0.15) is 22.1 Å². The third kappa shape index (κ3) is 4.07. The molecule has 0 bridgehead atoms. The van der Waals surface area contributed by atoms with Gasteiger partial charge in [-0.25, -0.2) is 0 Å². The second-order valence-corrected chi connectivity index (χ2v) is 7.69. The van der Waals surface area contributed by atoms with Gasteiger partial charge in [-0.3, -0.25) is 9.58 Å². The molecule has 1 fully saturated rings. The van der Waals surface area contributed by atoms with E-state index in [2.05, 4.69) is 23.1 Å². The van der Waals surface area contributed by atoms with Crippen LogP contribution in [0.2, 0.25) is 0 Å². The van der Waals surface area contributed by atoms with Crippen molar-refractivity contribution in [1.82, 2.24) is 23.3 Å². The summed E-state index contributed by atoms with van der Waals surface area (Å²) < 4.78 is 29.7. The lowest BCUT2D eigenvalue weighted by Gasteiger charge is -2.25. The van der Waals surface area contributed by atoms with Gasteiger partial charge >= 0.3 is 0 Å². The minimum absolute atomic E-state index is 0.499. The summed E-state index contributed by atoms with van der Waals surface area (Å²) >= 11 is 0. The van der Waals surface area contributed by atoms with Crippen molar-refractivity contribution in [1.29, 1.82) is 0 Å². The van der Waals surface area contributed by atoms with E-state index in [1.54, 1.807) is 11.4 Å². The Morgan fingerprint density at radius 2 is 2.00 bits per heavy atom. The van der Waals surface area contributed by atoms with Crippen LogP contribution in [0.15, 0.2) is 12.4 Å². The number of hydrogen-bond acceptors (Lipinski definition) is 4. The molecule has 1 aliphatic heterocycles. The van der Waals surface area contributed by atoms with E-state index in [4.69, 9.17) is 0 Å². The van der Waals surface area contributed by atoms with Crippen LogP contribution in [0.4, 0.5) is 0 Å². The predicted octanol–water partition coefficient (Wildman–Crippen LogP) is 0.607. The Balaban J connectivity index is 1.95. The van der Waals surface area contributed by atoms with E-state index in [-0.39, 0.29) is 0 Å². The van der Waals surface area contributed by atoms with E-state index in [0.717, 1.165) is 32.6 Å². The van der Waals surface area contributed by atoms with Gasteiger partial charge < -0.3 is 0 Å². The molecular weight excluding hydrogens is 302 g/mol. The van der Waals surface area contributed by atoms with Crippen LogP contribution < -0.4 is 0 Å². The molecule has 0 N–H and O–H groups in total. The molecule has 0 unspecified atom stereocenters. The van der Waals surface area contributed by atoms with Crippen LogP contribution in [0.1, 0.15) is 25.8 Å². The van der Waals surface area contributed by atoms with Gasteiger partial charge in [-0.15, -0.1) is 0 Å². The third-order valence-electron chi connectivity index (χ3n) is 4.13. The molecule has 126 valence electrons. The van der Waals surface area contributed by atoms with E-state index < -0.39 is 10.2 Å². The average molecular weight is 329 g/mol. The van der Waals surface area contributed by atoms with E-state index in [1.165, 1.54) is 9.87 Å². The van der Waals surface area contributed by atoms with E-state index in [9.17, 15) is 8.42 Å². The highest BCUT2D eigenvalue weighted by molar-refractivity contribution is 7.86. The third-order valence-corrected chi connectivity index (χ3v) is 6.19. The molecule has 22 heavy (non-hydrogen) atoms. The molecule has 0 saturated carbocycles. The summed E-state index contributed by atoms with van der Waals surface area (Å²) in [7, 11) is -1.67. The maximum absolute atomic E-state index is 12.4. The fourth-order valence-electron chi connectivity index (χ4n) is 2.62. The molecule has 0 aliphatic carbocycles. The van der Waals surface area contributed by atoms with Crippen molar-refractivity contribution in [3.63, 3.8) is 0 Å². The van der Waals surface area contributed by atoms with Crippen LogP contribution >= 0.6 is 0 Å². The monoisotopic (exact) mass is 329 g/mol. The maximum atomic E-state index is 12.4. The summed E-state index contributed by atoms with van der Waals surface area (Å²) in [4.78, 5) is 2.30. The zero-order chi connectivity index (χ0) is 16.2.